The molecule has 1 N–H and O–H groups in total. The molecule has 1 aromatic rings. The molecule has 0 bridgehead atoms. The van der Waals surface area contributed by atoms with Crippen molar-refractivity contribution in [2.45, 2.75) is 19.4 Å². The zero-order chi connectivity index (χ0) is 11.6. The Bertz CT molecular complexity index is 345. The largest absolute Gasteiger partial charge is 0.396 e. The summed E-state index contributed by atoms with van der Waals surface area (Å²) in [4.78, 5) is 2.19. The van der Waals surface area contributed by atoms with Gasteiger partial charge in [0.15, 0.2) is 0 Å². The maximum Gasteiger partial charge on any atom is 0.123 e. The van der Waals surface area contributed by atoms with Crippen LogP contribution < -0.4 is 0 Å². The third kappa shape index (κ3) is 2.80. The second kappa shape index (κ2) is 4.52. The Hall–Kier alpha value is -0.930. The highest BCUT2D eigenvalue weighted by molar-refractivity contribution is 5.16. The van der Waals surface area contributed by atoms with Crippen molar-refractivity contribution in [1.82, 2.24) is 4.90 Å². The molecule has 88 valence electrons. The molecule has 0 unspecified atom stereocenters. The summed E-state index contributed by atoms with van der Waals surface area (Å²) in [6.45, 7) is 2.00. The van der Waals surface area contributed by atoms with Crippen molar-refractivity contribution in [2.75, 3.05) is 20.2 Å². The molecule has 0 saturated heterocycles. The average molecular weight is 223 g/mol. The van der Waals surface area contributed by atoms with Crippen LogP contribution in [0.5, 0.6) is 0 Å². The highest BCUT2D eigenvalue weighted by Gasteiger charge is 2.42. The Balaban J connectivity index is 1.87. The minimum absolute atomic E-state index is 0.148. The number of benzene rings is 1. The molecule has 1 aliphatic carbocycles. The fourth-order valence-electron chi connectivity index (χ4n) is 2.07. The second-order valence-corrected chi connectivity index (χ2v) is 4.96. The first-order valence-electron chi connectivity index (χ1n) is 5.67. The van der Waals surface area contributed by atoms with E-state index in [1.165, 1.54) is 12.1 Å². The first-order chi connectivity index (χ1) is 7.63. The number of nitrogens with zero attached hydrogens (tertiary/aromatic N) is 1. The van der Waals surface area contributed by atoms with E-state index in [9.17, 15) is 9.50 Å². The molecule has 1 fully saturated rings. The average Bonchev–Trinajstić information content (AvgIpc) is 3.02. The van der Waals surface area contributed by atoms with Gasteiger partial charge in [-0.2, -0.15) is 0 Å². The lowest BCUT2D eigenvalue weighted by atomic mass is 10.1. The van der Waals surface area contributed by atoms with E-state index in [0.717, 1.165) is 31.5 Å². The van der Waals surface area contributed by atoms with Gasteiger partial charge < -0.3 is 10.0 Å². The molecule has 0 aliphatic heterocycles. The van der Waals surface area contributed by atoms with Crippen LogP contribution in [-0.4, -0.2) is 30.2 Å². The third-order valence-corrected chi connectivity index (χ3v) is 3.26. The van der Waals surface area contributed by atoms with Crippen molar-refractivity contribution in [3.8, 4) is 0 Å². The molecule has 2 nitrogen and oxygen atoms in total. The van der Waals surface area contributed by atoms with Gasteiger partial charge >= 0.3 is 0 Å². The summed E-state index contributed by atoms with van der Waals surface area (Å²) >= 11 is 0. The SMILES string of the molecule is CN(Cc1ccc(F)cc1)CC1(CO)CC1. The van der Waals surface area contributed by atoms with Gasteiger partial charge in [0.25, 0.3) is 0 Å². The molecule has 0 spiro atoms. The summed E-state index contributed by atoms with van der Waals surface area (Å²) in [6, 6.07) is 6.60. The number of hydrogen-bond acceptors (Lipinski definition) is 2. The van der Waals surface area contributed by atoms with Crippen molar-refractivity contribution in [2.24, 2.45) is 5.41 Å². The third-order valence-electron chi connectivity index (χ3n) is 3.26. The normalized spacial score (nSPS) is 17.8. The van der Waals surface area contributed by atoms with Crippen LogP contribution in [0.25, 0.3) is 0 Å². The van der Waals surface area contributed by atoms with Gasteiger partial charge in [-0.25, -0.2) is 4.39 Å². The summed E-state index contributed by atoms with van der Waals surface area (Å²) in [5.41, 5.74) is 1.26. The lowest BCUT2D eigenvalue weighted by molar-refractivity contribution is 0.161. The summed E-state index contributed by atoms with van der Waals surface area (Å²) in [5, 5.41) is 9.23. The molecule has 3 heteroatoms. The molecule has 16 heavy (non-hydrogen) atoms. The van der Waals surface area contributed by atoms with Crippen LogP contribution in [0.1, 0.15) is 18.4 Å². The van der Waals surface area contributed by atoms with E-state index >= 15 is 0 Å². The molecule has 0 amide bonds. The van der Waals surface area contributed by atoms with Crippen molar-refractivity contribution in [1.29, 1.82) is 0 Å². The molecule has 0 heterocycles. The van der Waals surface area contributed by atoms with Gasteiger partial charge in [-0.15, -0.1) is 0 Å². The van der Waals surface area contributed by atoms with Crippen molar-refractivity contribution in [3.63, 3.8) is 0 Å². The van der Waals surface area contributed by atoms with Gasteiger partial charge in [-0.1, -0.05) is 12.1 Å². The van der Waals surface area contributed by atoms with Crippen molar-refractivity contribution < 1.29 is 9.50 Å². The lowest BCUT2D eigenvalue weighted by Crippen LogP contribution is -2.28. The van der Waals surface area contributed by atoms with E-state index in [0.29, 0.717) is 0 Å². The lowest BCUT2D eigenvalue weighted by Gasteiger charge is -2.22. The van der Waals surface area contributed by atoms with E-state index in [1.54, 1.807) is 0 Å². The highest BCUT2D eigenvalue weighted by atomic mass is 19.1. The second-order valence-electron chi connectivity index (χ2n) is 4.96. The van der Waals surface area contributed by atoms with E-state index < -0.39 is 0 Å². The quantitative estimate of drug-likeness (QED) is 0.825. The summed E-state index contributed by atoms with van der Waals surface area (Å²) in [7, 11) is 2.04. The fourth-order valence-corrected chi connectivity index (χ4v) is 2.07. The molecule has 1 saturated carbocycles. The molecular weight excluding hydrogens is 205 g/mol. The monoisotopic (exact) mass is 223 g/mol. The van der Waals surface area contributed by atoms with Gasteiger partial charge in [0.05, 0.1) is 0 Å². The molecule has 0 atom stereocenters. The molecular formula is C13H18FNO. The Morgan fingerprint density at radius 1 is 1.31 bits per heavy atom. The number of rotatable bonds is 5. The molecule has 0 radical (unpaired) electrons. The van der Waals surface area contributed by atoms with Crippen LogP contribution in [0.4, 0.5) is 4.39 Å². The number of aliphatic hydroxyl groups is 1. The van der Waals surface area contributed by atoms with E-state index in [1.807, 2.05) is 19.2 Å². The molecule has 2 rings (SSSR count). The van der Waals surface area contributed by atoms with Crippen LogP contribution in [0.3, 0.4) is 0 Å². The number of halogens is 1. The maximum absolute atomic E-state index is 12.7. The molecule has 1 aliphatic rings. The highest BCUT2D eigenvalue weighted by Crippen LogP contribution is 2.45. The first-order valence-corrected chi connectivity index (χ1v) is 5.67. The minimum Gasteiger partial charge on any atom is -0.396 e. The van der Waals surface area contributed by atoms with Gasteiger partial charge in [0.1, 0.15) is 5.82 Å². The molecule has 0 aromatic heterocycles. The van der Waals surface area contributed by atoms with Crippen LogP contribution >= 0.6 is 0 Å². The summed E-state index contributed by atoms with van der Waals surface area (Å²) < 4.78 is 12.7. The smallest absolute Gasteiger partial charge is 0.123 e. The first kappa shape index (κ1) is 11.6. The predicted octanol–water partition coefficient (Wildman–Crippen LogP) is 2.03. The van der Waals surface area contributed by atoms with Gasteiger partial charge in [0, 0.05) is 25.1 Å². The molecule has 1 aromatic carbocycles. The standard InChI is InChI=1S/C13H18FNO/c1-15(9-13(10-16)6-7-13)8-11-2-4-12(14)5-3-11/h2-5,16H,6-10H2,1H3. The maximum atomic E-state index is 12.7. The van der Waals surface area contributed by atoms with E-state index in [-0.39, 0.29) is 17.8 Å². The van der Waals surface area contributed by atoms with Crippen molar-refractivity contribution in [3.05, 3.63) is 35.6 Å². The van der Waals surface area contributed by atoms with Crippen LogP contribution in [-0.2, 0) is 6.54 Å². The van der Waals surface area contributed by atoms with Gasteiger partial charge in [0.2, 0.25) is 0 Å². The number of aliphatic hydroxyl groups excluding tert-OH is 1. The predicted molar refractivity (Wildman–Crippen MR) is 61.5 cm³/mol. The minimum atomic E-state index is -0.194. The number of hydrogen-bond donors (Lipinski definition) is 1. The van der Waals surface area contributed by atoms with E-state index in [2.05, 4.69) is 4.90 Å². The zero-order valence-corrected chi connectivity index (χ0v) is 9.62. The topological polar surface area (TPSA) is 23.5 Å². The van der Waals surface area contributed by atoms with Gasteiger partial charge in [-0.3, -0.25) is 0 Å². The van der Waals surface area contributed by atoms with Gasteiger partial charge in [-0.05, 0) is 37.6 Å². The summed E-state index contributed by atoms with van der Waals surface area (Å²) in [6.07, 6.45) is 2.24. The zero-order valence-electron chi connectivity index (χ0n) is 9.62. The van der Waals surface area contributed by atoms with Crippen LogP contribution in [0.2, 0.25) is 0 Å². The van der Waals surface area contributed by atoms with E-state index in [4.69, 9.17) is 0 Å². The van der Waals surface area contributed by atoms with Crippen LogP contribution in [0, 0.1) is 11.2 Å². The van der Waals surface area contributed by atoms with Crippen LogP contribution in [0.15, 0.2) is 24.3 Å². The fraction of sp³-hybridized carbons (Fsp3) is 0.538. The Morgan fingerprint density at radius 3 is 2.44 bits per heavy atom. The van der Waals surface area contributed by atoms with Crippen molar-refractivity contribution >= 4 is 0 Å². The Labute approximate surface area is 95.7 Å². The Kier molecular flexibility index (Phi) is 3.26. The Morgan fingerprint density at radius 2 is 1.94 bits per heavy atom. The summed E-state index contributed by atoms with van der Waals surface area (Å²) in [5.74, 6) is -0.194.